The van der Waals surface area contributed by atoms with E-state index in [4.69, 9.17) is 27.9 Å². The molecule has 1 heterocycles. The Bertz CT molecular complexity index is 997. The summed E-state index contributed by atoms with van der Waals surface area (Å²) in [5, 5.41) is 10.8. The maximum Gasteiger partial charge on any atom is 0.191 e. The summed E-state index contributed by atoms with van der Waals surface area (Å²) < 4.78 is 8.24. The van der Waals surface area contributed by atoms with Gasteiger partial charge in [-0.25, -0.2) is 0 Å². The molecule has 1 unspecified atom stereocenters. The minimum atomic E-state index is -0.211. The Morgan fingerprint density at radius 1 is 1.03 bits per heavy atom. The summed E-state index contributed by atoms with van der Waals surface area (Å²) in [7, 11) is 0. The zero-order valence-electron chi connectivity index (χ0n) is 17.9. The van der Waals surface area contributed by atoms with Crippen LogP contribution < -0.4 is 4.74 Å². The number of benzene rings is 2. The fourth-order valence-electron chi connectivity index (χ4n) is 3.07. The molecule has 0 aliphatic heterocycles. The van der Waals surface area contributed by atoms with Crippen LogP contribution in [0.4, 0.5) is 0 Å². The number of ether oxygens (including phenoxy) is 1. The first-order valence-corrected chi connectivity index (χ1v) is 11.7. The fourth-order valence-corrected chi connectivity index (χ4v) is 4.35. The van der Waals surface area contributed by atoms with E-state index >= 15 is 0 Å². The molecule has 4 nitrogen and oxygen atoms in total. The van der Waals surface area contributed by atoms with Gasteiger partial charge in [0.25, 0.3) is 0 Å². The van der Waals surface area contributed by atoms with E-state index in [2.05, 4.69) is 54.6 Å². The first-order chi connectivity index (χ1) is 14.2. The SMILES string of the molecule is CCn1c(SCc2ccc(Cl)c(Cl)c2)nnc1C(C)Oc1ccc(C(C)(C)C)cc1. The Labute approximate surface area is 193 Å². The van der Waals surface area contributed by atoms with Gasteiger partial charge in [-0.3, -0.25) is 0 Å². The normalized spacial score (nSPS) is 12.8. The highest BCUT2D eigenvalue weighted by atomic mass is 35.5. The Morgan fingerprint density at radius 2 is 1.73 bits per heavy atom. The van der Waals surface area contributed by atoms with E-state index in [-0.39, 0.29) is 11.5 Å². The molecule has 0 saturated heterocycles. The highest BCUT2D eigenvalue weighted by Gasteiger charge is 2.19. The molecular weight excluding hydrogens is 437 g/mol. The van der Waals surface area contributed by atoms with Crippen molar-refractivity contribution in [1.82, 2.24) is 14.8 Å². The topological polar surface area (TPSA) is 39.9 Å². The Balaban J connectivity index is 1.70. The van der Waals surface area contributed by atoms with Crippen molar-refractivity contribution in [3.8, 4) is 5.75 Å². The summed E-state index contributed by atoms with van der Waals surface area (Å²) in [6, 6.07) is 13.9. The number of rotatable bonds is 7. The van der Waals surface area contributed by atoms with E-state index in [1.807, 2.05) is 37.3 Å². The van der Waals surface area contributed by atoms with Crippen LogP contribution in [0.15, 0.2) is 47.6 Å². The smallest absolute Gasteiger partial charge is 0.191 e. The molecule has 3 aromatic rings. The third kappa shape index (κ3) is 5.51. The first-order valence-electron chi connectivity index (χ1n) is 9.96. The van der Waals surface area contributed by atoms with Crippen LogP contribution in [0.25, 0.3) is 0 Å². The maximum atomic E-state index is 6.15. The van der Waals surface area contributed by atoms with Gasteiger partial charge in [-0.1, -0.05) is 73.9 Å². The van der Waals surface area contributed by atoms with Crippen molar-refractivity contribution in [2.75, 3.05) is 0 Å². The summed E-state index contributed by atoms with van der Waals surface area (Å²) in [6.45, 7) is 11.5. The van der Waals surface area contributed by atoms with Crippen molar-refractivity contribution in [2.24, 2.45) is 0 Å². The predicted molar refractivity (Wildman–Crippen MR) is 126 cm³/mol. The molecule has 7 heteroatoms. The quantitative estimate of drug-likeness (QED) is 0.343. The van der Waals surface area contributed by atoms with Gasteiger partial charge >= 0.3 is 0 Å². The fraction of sp³-hybridized carbons (Fsp3) is 0.391. The number of nitrogens with zero attached hydrogens (tertiary/aromatic N) is 3. The molecule has 0 fully saturated rings. The monoisotopic (exact) mass is 463 g/mol. The molecule has 0 N–H and O–H groups in total. The van der Waals surface area contributed by atoms with E-state index in [0.717, 1.165) is 34.6 Å². The van der Waals surface area contributed by atoms with Gasteiger partial charge in [0, 0.05) is 12.3 Å². The van der Waals surface area contributed by atoms with E-state index < -0.39 is 0 Å². The Morgan fingerprint density at radius 3 is 2.33 bits per heavy atom. The van der Waals surface area contributed by atoms with Crippen LogP contribution in [0.1, 0.15) is 57.7 Å². The van der Waals surface area contributed by atoms with Crippen LogP contribution in [0.3, 0.4) is 0 Å². The lowest BCUT2D eigenvalue weighted by Crippen LogP contribution is -2.13. The Kier molecular flexibility index (Phi) is 7.38. The van der Waals surface area contributed by atoms with Gasteiger partial charge in [0.1, 0.15) is 5.75 Å². The molecule has 1 atom stereocenters. The van der Waals surface area contributed by atoms with Crippen molar-refractivity contribution < 1.29 is 4.74 Å². The summed E-state index contributed by atoms with van der Waals surface area (Å²) in [5.41, 5.74) is 2.48. The minimum Gasteiger partial charge on any atom is -0.483 e. The molecule has 3 rings (SSSR count). The van der Waals surface area contributed by atoms with Crippen LogP contribution in [0, 0.1) is 0 Å². The van der Waals surface area contributed by atoms with Crippen LogP contribution >= 0.6 is 35.0 Å². The van der Waals surface area contributed by atoms with Gasteiger partial charge in [-0.05, 0) is 54.7 Å². The second kappa shape index (κ2) is 9.63. The van der Waals surface area contributed by atoms with Crippen LogP contribution in [0.2, 0.25) is 10.0 Å². The summed E-state index contributed by atoms with van der Waals surface area (Å²) in [5.74, 6) is 2.37. The van der Waals surface area contributed by atoms with Crippen molar-refractivity contribution in [3.05, 3.63) is 69.5 Å². The van der Waals surface area contributed by atoms with E-state index in [1.54, 1.807) is 11.8 Å². The molecular formula is C23H27Cl2N3OS. The molecule has 0 bridgehead atoms. The summed E-state index contributed by atoms with van der Waals surface area (Å²) in [6.07, 6.45) is -0.211. The van der Waals surface area contributed by atoms with Crippen LogP contribution in [0.5, 0.6) is 5.75 Å². The maximum absolute atomic E-state index is 6.15. The van der Waals surface area contributed by atoms with Gasteiger partial charge in [0.2, 0.25) is 0 Å². The number of aromatic nitrogens is 3. The molecule has 160 valence electrons. The molecule has 1 aromatic heterocycles. The molecule has 0 amide bonds. The summed E-state index contributed by atoms with van der Waals surface area (Å²) in [4.78, 5) is 0. The lowest BCUT2D eigenvalue weighted by molar-refractivity contribution is 0.210. The lowest BCUT2D eigenvalue weighted by atomic mass is 9.87. The number of hydrogen-bond acceptors (Lipinski definition) is 4. The summed E-state index contributed by atoms with van der Waals surface area (Å²) >= 11 is 13.7. The highest BCUT2D eigenvalue weighted by molar-refractivity contribution is 7.98. The second-order valence-corrected chi connectivity index (χ2v) is 9.91. The lowest BCUT2D eigenvalue weighted by Gasteiger charge is -2.20. The number of hydrogen-bond donors (Lipinski definition) is 0. The number of thioether (sulfide) groups is 1. The molecule has 2 aromatic carbocycles. The zero-order chi connectivity index (χ0) is 21.9. The molecule has 0 spiro atoms. The number of halogens is 2. The average Bonchev–Trinajstić information content (AvgIpc) is 3.11. The van der Waals surface area contributed by atoms with Gasteiger partial charge in [-0.2, -0.15) is 0 Å². The average molecular weight is 464 g/mol. The molecule has 0 saturated carbocycles. The molecule has 0 aliphatic carbocycles. The molecule has 0 aliphatic rings. The Hall–Kier alpha value is -1.69. The van der Waals surface area contributed by atoms with Crippen LogP contribution in [-0.2, 0) is 17.7 Å². The first kappa shape index (κ1) is 23.0. The standard InChI is InChI=1S/C23H27Cl2N3OS/c1-6-28-21(15(2)29-18-10-8-17(9-11-18)23(3,4)5)26-27-22(28)30-14-16-7-12-19(24)20(25)13-16/h7-13,15H,6,14H2,1-5H3. The highest BCUT2D eigenvalue weighted by Crippen LogP contribution is 2.30. The van der Waals surface area contributed by atoms with E-state index in [0.29, 0.717) is 10.0 Å². The largest absolute Gasteiger partial charge is 0.483 e. The second-order valence-electron chi connectivity index (χ2n) is 8.16. The van der Waals surface area contributed by atoms with Crippen molar-refractivity contribution in [1.29, 1.82) is 0 Å². The zero-order valence-corrected chi connectivity index (χ0v) is 20.3. The van der Waals surface area contributed by atoms with E-state index in [9.17, 15) is 0 Å². The van der Waals surface area contributed by atoms with Crippen molar-refractivity contribution in [3.63, 3.8) is 0 Å². The van der Waals surface area contributed by atoms with Crippen LogP contribution in [-0.4, -0.2) is 14.8 Å². The molecule has 30 heavy (non-hydrogen) atoms. The molecule has 0 radical (unpaired) electrons. The third-order valence-electron chi connectivity index (χ3n) is 4.81. The van der Waals surface area contributed by atoms with E-state index in [1.165, 1.54) is 5.56 Å². The minimum absolute atomic E-state index is 0.118. The van der Waals surface area contributed by atoms with Gasteiger partial charge in [0.15, 0.2) is 17.1 Å². The van der Waals surface area contributed by atoms with Gasteiger partial charge < -0.3 is 9.30 Å². The van der Waals surface area contributed by atoms with Gasteiger partial charge in [0.05, 0.1) is 10.0 Å². The third-order valence-corrected chi connectivity index (χ3v) is 6.59. The van der Waals surface area contributed by atoms with Crippen molar-refractivity contribution in [2.45, 2.75) is 63.6 Å². The van der Waals surface area contributed by atoms with Gasteiger partial charge in [-0.15, -0.1) is 10.2 Å². The predicted octanol–water partition coefficient (Wildman–Crippen LogP) is 7.33. The van der Waals surface area contributed by atoms with Crippen molar-refractivity contribution >= 4 is 35.0 Å².